The van der Waals surface area contributed by atoms with E-state index < -0.39 is 4.92 Å². The van der Waals surface area contributed by atoms with Gasteiger partial charge in [-0.3, -0.25) is 14.9 Å². The quantitative estimate of drug-likeness (QED) is 0.695. The maximum absolute atomic E-state index is 12.4. The lowest BCUT2D eigenvalue weighted by Gasteiger charge is -2.18. The fourth-order valence-corrected chi connectivity index (χ4v) is 2.34. The van der Waals surface area contributed by atoms with Gasteiger partial charge in [0, 0.05) is 11.6 Å². The van der Waals surface area contributed by atoms with Crippen LogP contribution in [0.5, 0.6) is 11.5 Å². The minimum atomic E-state index is -0.477. The molecule has 0 aliphatic carbocycles. The van der Waals surface area contributed by atoms with E-state index in [0.29, 0.717) is 41.5 Å². The number of carbonyl (C=O) groups is 1. The van der Waals surface area contributed by atoms with Gasteiger partial charge in [-0.15, -0.1) is 0 Å². The fourth-order valence-electron chi connectivity index (χ4n) is 2.34. The SMILES string of the molecule is Cc1c(NC(=O)c2ccc3c(c2)OCCO3)cccc1[N+](=O)[O-]. The standard InChI is InChI=1S/C16H14N2O5/c1-10-12(3-2-4-13(10)18(20)21)17-16(19)11-5-6-14-15(9-11)23-8-7-22-14/h2-6,9H,7-8H2,1H3,(H,17,19). The van der Waals surface area contributed by atoms with Crippen LogP contribution in [-0.4, -0.2) is 24.0 Å². The summed E-state index contributed by atoms with van der Waals surface area (Å²) in [6.45, 7) is 2.50. The molecule has 0 spiro atoms. The summed E-state index contributed by atoms with van der Waals surface area (Å²) in [7, 11) is 0. The second-order valence-electron chi connectivity index (χ2n) is 5.02. The minimum Gasteiger partial charge on any atom is -0.486 e. The first kappa shape index (κ1) is 14.8. The molecule has 2 aromatic carbocycles. The van der Waals surface area contributed by atoms with Gasteiger partial charge in [-0.05, 0) is 31.2 Å². The van der Waals surface area contributed by atoms with E-state index in [0.717, 1.165) is 0 Å². The smallest absolute Gasteiger partial charge is 0.274 e. The van der Waals surface area contributed by atoms with Crippen molar-refractivity contribution in [3.8, 4) is 11.5 Å². The Morgan fingerprint density at radius 1 is 1.17 bits per heavy atom. The number of rotatable bonds is 3. The number of nitrogens with zero attached hydrogens (tertiary/aromatic N) is 1. The Labute approximate surface area is 132 Å². The molecule has 1 aliphatic heterocycles. The number of benzene rings is 2. The van der Waals surface area contributed by atoms with Crippen molar-refractivity contribution < 1.29 is 19.2 Å². The molecule has 0 bridgehead atoms. The molecule has 0 saturated heterocycles. The van der Waals surface area contributed by atoms with Crippen LogP contribution in [-0.2, 0) is 0 Å². The first-order valence-electron chi connectivity index (χ1n) is 7.01. The molecular formula is C16H14N2O5. The van der Waals surface area contributed by atoms with Crippen molar-refractivity contribution >= 4 is 17.3 Å². The monoisotopic (exact) mass is 314 g/mol. The Morgan fingerprint density at radius 2 is 1.91 bits per heavy atom. The molecule has 1 N–H and O–H groups in total. The van der Waals surface area contributed by atoms with Crippen LogP contribution in [0.4, 0.5) is 11.4 Å². The van der Waals surface area contributed by atoms with Crippen LogP contribution in [0.1, 0.15) is 15.9 Å². The lowest BCUT2D eigenvalue weighted by Crippen LogP contribution is -2.17. The summed E-state index contributed by atoms with van der Waals surface area (Å²) in [5.74, 6) is 0.740. The average molecular weight is 314 g/mol. The third-order valence-corrected chi connectivity index (χ3v) is 3.55. The summed E-state index contributed by atoms with van der Waals surface area (Å²) in [5.41, 5.74) is 1.16. The van der Waals surface area contributed by atoms with E-state index in [2.05, 4.69) is 5.32 Å². The normalized spacial score (nSPS) is 12.6. The van der Waals surface area contributed by atoms with Crippen LogP contribution in [0.3, 0.4) is 0 Å². The number of nitro groups is 1. The van der Waals surface area contributed by atoms with Crippen molar-refractivity contribution in [2.24, 2.45) is 0 Å². The molecule has 3 rings (SSSR count). The van der Waals surface area contributed by atoms with Crippen LogP contribution < -0.4 is 14.8 Å². The van der Waals surface area contributed by atoms with Gasteiger partial charge in [0.15, 0.2) is 11.5 Å². The first-order chi connectivity index (χ1) is 11.1. The van der Waals surface area contributed by atoms with Gasteiger partial charge in [0.05, 0.1) is 16.2 Å². The third-order valence-electron chi connectivity index (χ3n) is 3.55. The summed E-state index contributed by atoms with van der Waals surface area (Å²) < 4.78 is 10.9. The van der Waals surface area contributed by atoms with Gasteiger partial charge in [0.2, 0.25) is 0 Å². The van der Waals surface area contributed by atoms with Crippen LogP contribution >= 0.6 is 0 Å². The molecule has 1 aliphatic rings. The Hall–Kier alpha value is -3.09. The molecule has 118 valence electrons. The molecule has 0 unspecified atom stereocenters. The first-order valence-corrected chi connectivity index (χ1v) is 7.01. The zero-order valence-electron chi connectivity index (χ0n) is 12.4. The fraction of sp³-hybridized carbons (Fsp3) is 0.188. The van der Waals surface area contributed by atoms with E-state index in [-0.39, 0.29) is 11.6 Å². The van der Waals surface area contributed by atoms with Crippen LogP contribution in [0, 0.1) is 17.0 Å². The van der Waals surface area contributed by atoms with Crippen molar-refractivity contribution in [1.29, 1.82) is 0 Å². The summed E-state index contributed by atoms with van der Waals surface area (Å²) in [6.07, 6.45) is 0. The highest BCUT2D eigenvalue weighted by Gasteiger charge is 2.18. The van der Waals surface area contributed by atoms with Crippen molar-refractivity contribution in [3.63, 3.8) is 0 Å². The maximum Gasteiger partial charge on any atom is 0.274 e. The predicted octanol–water partition coefficient (Wildman–Crippen LogP) is 2.93. The largest absolute Gasteiger partial charge is 0.486 e. The Bertz CT molecular complexity index is 788. The number of carbonyl (C=O) groups excluding carboxylic acids is 1. The highest BCUT2D eigenvalue weighted by molar-refractivity contribution is 6.05. The zero-order chi connectivity index (χ0) is 16.4. The van der Waals surface area contributed by atoms with Gasteiger partial charge < -0.3 is 14.8 Å². The molecule has 1 amide bonds. The second kappa shape index (κ2) is 5.96. The van der Waals surface area contributed by atoms with Crippen molar-refractivity contribution in [1.82, 2.24) is 0 Å². The van der Waals surface area contributed by atoms with E-state index in [1.54, 1.807) is 31.2 Å². The highest BCUT2D eigenvalue weighted by Crippen LogP contribution is 2.31. The van der Waals surface area contributed by atoms with E-state index in [1.807, 2.05) is 0 Å². The molecule has 2 aromatic rings. The predicted molar refractivity (Wildman–Crippen MR) is 83.2 cm³/mol. The molecule has 23 heavy (non-hydrogen) atoms. The number of hydrogen-bond acceptors (Lipinski definition) is 5. The lowest BCUT2D eigenvalue weighted by molar-refractivity contribution is -0.385. The zero-order valence-corrected chi connectivity index (χ0v) is 12.4. The highest BCUT2D eigenvalue weighted by atomic mass is 16.6. The van der Waals surface area contributed by atoms with E-state index in [4.69, 9.17) is 9.47 Å². The van der Waals surface area contributed by atoms with Gasteiger partial charge in [0.1, 0.15) is 13.2 Å². The van der Waals surface area contributed by atoms with E-state index in [1.165, 1.54) is 12.1 Å². The van der Waals surface area contributed by atoms with Crippen LogP contribution in [0.15, 0.2) is 36.4 Å². The Morgan fingerprint density at radius 3 is 2.65 bits per heavy atom. The van der Waals surface area contributed by atoms with Crippen molar-refractivity contribution in [2.45, 2.75) is 6.92 Å². The van der Waals surface area contributed by atoms with E-state index >= 15 is 0 Å². The molecule has 0 fully saturated rings. The van der Waals surface area contributed by atoms with E-state index in [9.17, 15) is 14.9 Å². The number of nitro benzene ring substituents is 1. The summed E-state index contributed by atoms with van der Waals surface area (Å²) >= 11 is 0. The number of hydrogen-bond donors (Lipinski definition) is 1. The second-order valence-corrected chi connectivity index (χ2v) is 5.02. The van der Waals surface area contributed by atoms with Gasteiger partial charge >= 0.3 is 0 Å². The number of anilines is 1. The van der Waals surface area contributed by atoms with Crippen LogP contribution in [0.25, 0.3) is 0 Å². The Kier molecular flexibility index (Phi) is 3.84. The Balaban J connectivity index is 1.85. The van der Waals surface area contributed by atoms with Gasteiger partial charge in [-0.25, -0.2) is 0 Å². The summed E-state index contributed by atoms with van der Waals surface area (Å²) in [6, 6.07) is 9.44. The van der Waals surface area contributed by atoms with Crippen LogP contribution in [0.2, 0.25) is 0 Å². The van der Waals surface area contributed by atoms with Gasteiger partial charge in [-0.2, -0.15) is 0 Å². The molecule has 7 nitrogen and oxygen atoms in total. The van der Waals surface area contributed by atoms with Crippen molar-refractivity contribution in [3.05, 3.63) is 57.6 Å². The lowest BCUT2D eigenvalue weighted by atomic mass is 10.1. The van der Waals surface area contributed by atoms with Crippen molar-refractivity contribution in [2.75, 3.05) is 18.5 Å². The number of nitrogens with one attached hydrogen (secondary N) is 1. The number of ether oxygens (including phenoxy) is 2. The minimum absolute atomic E-state index is 0.0371. The van der Waals surface area contributed by atoms with Gasteiger partial charge in [-0.1, -0.05) is 6.07 Å². The number of fused-ring (bicyclic) bond motifs is 1. The molecule has 7 heteroatoms. The topological polar surface area (TPSA) is 90.7 Å². The maximum atomic E-state index is 12.4. The summed E-state index contributed by atoms with van der Waals surface area (Å²) in [4.78, 5) is 22.8. The van der Waals surface area contributed by atoms with Gasteiger partial charge in [0.25, 0.3) is 11.6 Å². The molecule has 0 radical (unpaired) electrons. The molecule has 0 saturated carbocycles. The molecule has 0 atom stereocenters. The third kappa shape index (κ3) is 2.94. The molecule has 0 aromatic heterocycles. The molecular weight excluding hydrogens is 300 g/mol. The molecule has 1 heterocycles. The summed E-state index contributed by atoms with van der Waals surface area (Å²) in [5, 5.41) is 13.6. The number of amides is 1. The average Bonchev–Trinajstić information content (AvgIpc) is 2.56.